The first-order valence-corrected chi connectivity index (χ1v) is 11.9. The van der Waals surface area contributed by atoms with E-state index in [2.05, 4.69) is 5.10 Å². The second kappa shape index (κ2) is 10.2. The molecule has 1 saturated heterocycles. The van der Waals surface area contributed by atoms with Gasteiger partial charge < -0.3 is 0 Å². The number of rotatable bonds is 7. The largest absolute Gasteiger partial charge is 0.285 e. The zero-order valence-corrected chi connectivity index (χ0v) is 20.4. The molecule has 2 aliphatic rings. The zero-order chi connectivity index (χ0) is 25.9. The predicted molar refractivity (Wildman–Crippen MR) is 141 cm³/mol. The maximum atomic E-state index is 13.2. The second-order valence-corrected chi connectivity index (χ2v) is 8.95. The number of hydrazone groups is 1. The van der Waals surface area contributed by atoms with Crippen molar-refractivity contribution in [1.82, 2.24) is 10.1 Å². The van der Waals surface area contributed by atoms with Crippen molar-refractivity contribution in [3.8, 4) is 0 Å². The van der Waals surface area contributed by atoms with Crippen LogP contribution in [0.15, 0.2) is 101 Å². The van der Waals surface area contributed by atoms with Gasteiger partial charge in [-0.15, -0.1) is 5.06 Å². The van der Waals surface area contributed by atoms with Gasteiger partial charge in [-0.1, -0.05) is 84.9 Å². The summed E-state index contributed by atoms with van der Waals surface area (Å²) in [6.45, 7) is 3.77. The summed E-state index contributed by atoms with van der Waals surface area (Å²) in [5, 5.41) is 6.46. The van der Waals surface area contributed by atoms with E-state index in [0.29, 0.717) is 5.06 Å². The molecule has 0 unspecified atom stereocenters. The number of carbonyl (C=O) groups excluding carboxylic acids is 3. The zero-order valence-electron chi connectivity index (χ0n) is 20.4. The first-order chi connectivity index (χ1) is 17.9. The SMILES string of the molecule is CC(/C=N\N1C(=O)[C@@H](ON2C(=O)c3ccccc3C2=O)[C@H]1/C(C)=C/c1ccccc1)=C\c1ccccc1. The van der Waals surface area contributed by atoms with Gasteiger partial charge in [-0.05, 0) is 48.3 Å². The smallest absolute Gasteiger partial charge is 0.270 e. The van der Waals surface area contributed by atoms with E-state index in [1.165, 1.54) is 5.01 Å². The molecule has 0 spiro atoms. The van der Waals surface area contributed by atoms with Crippen LogP contribution in [0.4, 0.5) is 0 Å². The number of amides is 3. The second-order valence-electron chi connectivity index (χ2n) is 8.95. The number of allylic oxidation sites excluding steroid dienone is 1. The van der Waals surface area contributed by atoms with Crippen LogP contribution >= 0.6 is 0 Å². The Morgan fingerprint density at radius 1 is 0.757 bits per heavy atom. The molecule has 0 N–H and O–H groups in total. The molecular weight excluding hydrogens is 466 g/mol. The van der Waals surface area contributed by atoms with Crippen LogP contribution < -0.4 is 0 Å². The van der Waals surface area contributed by atoms with Crippen molar-refractivity contribution in [3.63, 3.8) is 0 Å². The summed E-state index contributed by atoms with van der Waals surface area (Å²) >= 11 is 0. The molecule has 0 aliphatic carbocycles. The van der Waals surface area contributed by atoms with Crippen LogP contribution in [0, 0.1) is 0 Å². The Bertz CT molecular complexity index is 1410. The van der Waals surface area contributed by atoms with Gasteiger partial charge in [0.05, 0.1) is 17.3 Å². The van der Waals surface area contributed by atoms with E-state index in [-0.39, 0.29) is 11.1 Å². The van der Waals surface area contributed by atoms with Gasteiger partial charge in [0.2, 0.25) is 0 Å². The molecule has 0 bridgehead atoms. The van der Waals surface area contributed by atoms with Crippen molar-refractivity contribution in [1.29, 1.82) is 0 Å². The number of fused-ring (bicyclic) bond motifs is 1. The molecule has 184 valence electrons. The highest BCUT2D eigenvalue weighted by Crippen LogP contribution is 2.33. The van der Waals surface area contributed by atoms with Crippen LogP contribution in [0.3, 0.4) is 0 Å². The minimum atomic E-state index is -1.07. The Kier molecular flexibility index (Phi) is 6.62. The van der Waals surface area contributed by atoms with E-state index < -0.39 is 29.9 Å². The van der Waals surface area contributed by atoms with Crippen molar-refractivity contribution in [2.45, 2.75) is 26.0 Å². The molecule has 0 radical (unpaired) electrons. The fraction of sp³-hybridized carbons (Fsp3) is 0.133. The van der Waals surface area contributed by atoms with Gasteiger partial charge in [0, 0.05) is 0 Å². The molecule has 0 aromatic heterocycles. The Balaban J connectivity index is 1.41. The van der Waals surface area contributed by atoms with E-state index >= 15 is 0 Å². The quantitative estimate of drug-likeness (QED) is 0.265. The lowest BCUT2D eigenvalue weighted by Crippen LogP contribution is -2.65. The fourth-order valence-corrected chi connectivity index (χ4v) is 4.39. The minimum absolute atomic E-state index is 0.254. The molecule has 5 rings (SSSR count). The van der Waals surface area contributed by atoms with Gasteiger partial charge in [0.15, 0.2) is 6.10 Å². The minimum Gasteiger partial charge on any atom is -0.270 e. The summed E-state index contributed by atoms with van der Waals surface area (Å²) in [7, 11) is 0. The highest BCUT2D eigenvalue weighted by molar-refractivity contribution is 6.20. The van der Waals surface area contributed by atoms with E-state index in [4.69, 9.17) is 4.84 Å². The topological polar surface area (TPSA) is 79.3 Å². The summed E-state index contributed by atoms with van der Waals surface area (Å²) in [6, 6.07) is 25.4. The molecule has 7 nitrogen and oxygen atoms in total. The van der Waals surface area contributed by atoms with Gasteiger partial charge in [0.25, 0.3) is 17.7 Å². The number of hydroxylamine groups is 2. The van der Waals surface area contributed by atoms with E-state index in [9.17, 15) is 14.4 Å². The Morgan fingerprint density at radius 3 is 1.84 bits per heavy atom. The normalized spacial score (nSPS) is 20.0. The van der Waals surface area contributed by atoms with Gasteiger partial charge >= 0.3 is 0 Å². The number of β-lactam (4-membered cyclic amide) rings is 1. The van der Waals surface area contributed by atoms with Gasteiger partial charge in [0.1, 0.15) is 6.04 Å². The molecule has 3 amide bonds. The average Bonchev–Trinajstić information content (AvgIpc) is 3.15. The summed E-state index contributed by atoms with van der Waals surface area (Å²) in [5.74, 6) is -1.60. The summed E-state index contributed by atoms with van der Waals surface area (Å²) < 4.78 is 0. The van der Waals surface area contributed by atoms with E-state index in [0.717, 1.165) is 22.3 Å². The van der Waals surface area contributed by atoms with Crippen LogP contribution in [0.25, 0.3) is 12.2 Å². The molecule has 37 heavy (non-hydrogen) atoms. The Hall–Kier alpha value is -4.62. The predicted octanol–water partition coefficient (Wildman–Crippen LogP) is 4.99. The molecule has 2 heterocycles. The number of hydrogen-bond donors (Lipinski definition) is 0. The van der Waals surface area contributed by atoms with Crippen molar-refractivity contribution in [2.75, 3.05) is 0 Å². The van der Waals surface area contributed by atoms with Crippen molar-refractivity contribution in [3.05, 3.63) is 118 Å². The maximum absolute atomic E-state index is 13.2. The highest BCUT2D eigenvalue weighted by Gasteiger charge is 2.53. The standard InChI is InChI=1S/C30H25N3O4/c1-20(17-22-11-5-3-6-12-22)19-31-32-26(21(2)18-23-13-7-4-8-14-23)27(30(32)36)37-33-28(34)24-15-9-10-16-25(24)29(33)35/h3-19,26-27H,1-2H3/b20-17+,21-18+,31-19-/t26-,27+/m1/s1. The van der Waals surface area contributed by atoms with Gasteiger partial charge in [-0.2, -0.15) is 5.10 Å². The van der Waals surface area contributed by atoms with Crippen LogP contribution in [-0.2, 0) is 9.63 Å². The Labute approximate surface area is 214 Å². The monoisotopic (exact) mass is 491 g/mol. The number of carbonyl (C=O) groups is 3. The lowest BCUT2D eigenvalue weighted by Gasteiger charge is -2.44. The van der Waals surface area contributed by atoms with Gasteiger partial charge in [-0.3, -0.25) is 14.4 Å². The molecule has 3 aromatic rings. The van der Waals surface area contributed by atoms with Crippen molar-refractivity contribution < 1.29 is 19.2 Å². The molecule has 2 aliphatic heterocycles. The third kappa shape index (κ3) is 4.77. The van der Waals surface area contributed by atoms with Crippen molar-refractivity contribution >= 4 is 36.1 Å². The molecule has 0 saturated carbocycles. The van der Waals surface area contributed by atoms with Crippen LogP contribution in [0.1, 0.15) is 45.7 Å². The summed E-state index contributed by atoms with van der Waals surface area (Å²) in [5.41, 5.74) is 4.13. The average molecular weight is 492 g/mol. The number of hydrogen-bond acceptors (Lipinski definition) is 5. The lowest BCUT2D eigenvalue weighted by atomic mass is 9.92. The van der Waals surface area contributed by atoms with Crippen LogP contribution in [0.2, 0.25) is 0 Å². The molecule has 7 heteroatoms. The number of benzene rings is 3. The third-order valence-corrected chi connectivity index (χ3v) is 6.24. The lowest BCUT2D eigenvalue weighted by molar-refractivity contribution is -0.204. The van der Waals surface area contributed by atoms with E-state index in [1.54, 1.807) is 30.5 Å². The summed E-state index contributed by atoms with van der Waals surface area (Å²) in [4.78, 5) is 44.6. The number of nitrogens with zero attached hydrogens (tertiary/aromatic N) is 3. The van der Waals surface area contributed by atoms with Gasteiger partial charge in [-0.25, -0.2) is 9.85 Å². The molecular formula is C30H25N3O4. The molecule has 3 aromatic carbocycles. The first-order valence-electron chi connectivity index (χ1n) is 11.9. The fourth-order valence-electron chi connectivity index (χ4n) is 4.39. The van der Waals surface area contributed by atoms with E-state index in [1.807, 2.05) is 86.7 Å². The van der Waals surface area contributed by atoms with Crippen molar-refractivity contribution in [2.24, 2.45) is 5.10 Å². The molecule has 2 atom stereocenters. The van der Waals surface area contributed by atoms with Crippen LogP contribution in [0.5, 0.6) is 0 Å². The molecule has 1 fully saturated rings. The number of imide groups is 1. The van der Waals surface area contributed by atoms with Crippen LogP contribution in [-0.4, -0.2) is 46.2 Å². The highest BCUT2D eigenvalue weighted by atomic mass is 16.7. The Morgan fingerprint density at radius 2 is 1.27 bits per heavy atom. The third-order valence-electron chi connectivity index (χ3n) is 6.24. The summed E-state index contributed by atoms with van der Waals surface area (Å²) in [6.07, 6.45) is 4.44. The maximum Gasteiger partial charge on any atom is 0.285 e. The first kappa shape index (κ1) is 24.1.